The summed E-state index contributed by atoms with van der Waals surface area (Å²) in [6.07, 6.45) is 4.38. The van der Waals surface area contributed by atoms with Crippen LogP contribution in [0.1, 0.15) is 29.8 Å². The molecule has 6 rings (SSSR count). The van der Waals surface area contributed by atoms with Crippen LogP contribution in [0.25, 0.3) is 22.1 Å². The standard InChI is InChI=1S/C28H30N4O3/c1-18-25(5-4-6-26(18)35-23-11-12-23)31-19(2)24-17-29-32(28(33)27(24)20(31)3)22-9-7-21(8-10-22)30-13-15-34-16-14-30/h4-10,17,23H,11-16H2,1-3H3. The van der Waals surface area contributed by atoms with E-state index in [1.54, 1.807) is 0 Å². The molecule has 0 atom stereocenters. The van der Waals surface area contributed by atoms with E-state index < -0.39 is 0 Å². The summed E-state index contributed by atoms with van der Waals surface area (Å²) in [5, 5.41) is 6.12. The van der Waals surface area contributed by atoms with Gasteiger partial charge in [-0.2, -0.15) is 9.78 Å². The zero-order chi connectivity index (χ0) is 24.1. The number of ether oxygens (including phenoxy) is 2. The minimum absolute atomic E-state index is 0.107. The summed E-state index contributed by atoms with van der Waals surface area (Å²) in [5.41, 5.74) is 5.82. The van der Waals surface area contributed by atoms with Crippen molar-refractivity contribution in [3.8, 4) is 17.1 Å². The molecule has 0 amide bonds. The number of benzene rings is 2. The van der Waals surface area contributed by atoms with Gasteiger partial charge in [0, 0.05) is 41.1 Å². The van der Waals surface area contributed by atoms with Crippen molar-refractivity contribution >= 4 is 16.5 Å². The predicted molar refractivity (Wildman–Crippen MR) is 138 cm³/mol. The molecule has 4 aromatic rings. The Morgan fingerprint density at radius 2 is 1.66 bits per heavy atom. The lowest BCUT2D eigenvalue weighted by Crippen LogP contribution is -2.36. The molecule has 2 aromatic carbocycles. The summed E-state index contributed by atoms with van der Waals surface area (Å²) in [6.45, 7) is 9.38. The highest BCUT2D eigenvalue weighted by molar-refractivity contribution is 5.88. The fraction of sp³-hybridized carbons (Fsp3) is 0.357. The first kappa shape index (κ1) is 21.9. The summed E-state index contributed by atoms with van der Waals surface area (Å²) < 4.78 is 15.2. The normalized spacial score (nSPS) is 16.1. The van der Waals surface area contributed by atoms with E-state index in [2.05, 4.69) is 39.7 Å². The summed E-state index contributed by atoms with van der Waals surface area (Å²) in [5.74, 6) is 0.914. The van der Waals surface area contributed by atoms with E-state index in [1.807, 2.05) is 44.3 Å². The molecule has 180 valence electrons. The summed E-state index contributed by atoms with van der Waals surface area (Å²) in [4.78, 5) is 16.0. The average molecular weight is 471 g/mol. The molecule has 1 aliphatic heterocycles. The van der Waals surface area contributed by atoms with Crippen LogP contribution in [0.3, 0.4) is 0 Å². The molecule has 2 fully saturated rings. The first-order valence-electron chi connectivity index (χ1n) is 12.3. The fourth-order valence-corrected chi connectivity index (χ4v) is 5.07. The SMILES string of the molecule is Cc1c(OC2CC2)cccc1-n1c(C)c2cnn(-c3ccc(N4CCOCC4)cc3)c(=O)c2c1C. The number of fused-ring (bicyclic) bond motifs is 1. The van der Waals surface area contributed by atoms with Gasteiger partial charge >= 0.3 is 0 Å². The van der Waals surface area contributed by atoms with Gasteiger partial charge in [-0.15, -0.1) is 0 Å². The Balaban J connectivity index is 1.41. The maximum atomic E-state index is 13.7. The van der Waals surface area contributed by atoms with Crippen molar-refractivity contribution in [2.24, 2.45) is 0 Å². The van der Waals surface area contributed by atoms with Crippen LogP contribution < -0.4 is 15.2 Å². The lowest BCUT2D eigenvalue weighted by Gasteiger charge is -2.28. The lowest BCUT2D eigenvalue weighted by atomic mass is 10.1. The molecule has 3 heterocycles. The zero-order valence-corrected chi connectivity index (χ0v) is 20.5. The maximum Gasteiger partial charge on any atom is 0.281 e. The molecule has 2 aliphatic rings. The first-order chi connectivity index (χ1) is 17.0. The lowest BCUT2D eigenvalue weighted by molar-refractivity contribution is 0.122. The molecule has 7 nitrogen and oxygen atoms in total. The Hall–Kier alpha value is -3.58. The van der Waals surface area contributed by atoms with Crippen LogP contribution in [-0.4, -0.2) is 46.8 Å². The third kappa shape index (κ3) is 3.80. The highest BCUT2D eigenvalue weighted by Crippen LogP contribution is 2.34. The summed E-state index contributed by atoms with van der Waals surface area (Å²) >= 11 is 0. The molecule has 0 unspecified atom stereocenters. The van der Waals surface area contributed by atoms with Crippen molar-refractivity contribution in [3.63, 3.8) is 0 Å². The number of hydrogen-bond acceptors (Lipinski definition) is 5. The minimum Gasteiger partial charge on any atom is -0.490 e. The number of nitrogens with zero attached hydrogens (tertiary/aromatic N) is 4. The summed E-state index contributed by atoms with van der Waals surface area (Å²) in [6, 6.07) is 14.2. The Morgan fingerprint density at radius 1 is 0.943 bits per heavy atom. The smallest absolute Gasteiger partial charge is 0.281 e. The second-order valence-electron chi connectivity index (χ2n) is 9.49. The molecule has 2 aromatic heterocycles. The van der Waals surface area contributed by atoms with Gasteiger partial charge in [-0.3, -0.25) is 4.79 Å². The molecular weight excluding hydrogens is 440 g/mol. The fourth-order valence-electron chi connectivity index (χ4n) is 5.07. The molecule has 1 aliphatic carbocycles. The van der Waals surface area contributed by atoms with Crippen molar-refractivity contribution in [1.82, 2.24) is 14.3 Å². The number of morpholine rings is 1. The van der Waals surface area contributed by atoms with Crippen LogP contribution in [0, 0.1) is 20.8 Å². The van der Waals surface area contributed by atoms with Crippen molar-refractivity contribution in [1.29, 1.82) is 0 Å². The molecule has 0 spiro atoms. The third-order valence-corrected chi connectivity index (χ3v) is 7.19. The molecule has 1 saturated heterocycles. The van der Waals surface area contributed by atoms with Crippen LogP contribution in [0.2, 0.25) is 0 Å². The van der Waals surface area contributed by atoms with Gasteiger partial charge in [-0.05, 0) is 70.0 Å². The number of anilines is 1. The van der Waals surface area contributed by atoms with Gasteiger partial charge in [-0.1, -0.05) is 6.07 Å². The average Bonchev–Trinajstić information content (AvgIpc) is 3.66. The number of aryl methyl sites for hydroxylation is 2. The van der Waals surface area contributed by atoms with Crippen molar-refractivity contribution in [2.75, 3.05) is 31.2 Å². The van der Waals surface area contributed by atoms with Crippen LogP contribution in [0.5, 0.6) is 5.75 Å². The van der Waals surface area contributed by atoms with E-state index in [0.717, 1.165) is 84.3 Å². The van der Waals surface area contributed by atoms with E-state index in [-0.39, 0.29) is 5.56 Å². The second kappa shape index (κ2) is 8.57. The van der Waals surface area contributed by atoms with E-state index >= 15 is 0 Å². The Bertz CT molecular complexity index is 1460. The number of aromatic nitrogens is 3. The molecule has 7 heteroatoms. The van der Waals surface area contributed by atoms with Gasteiger partial charge in [0.25, 0.3) is 5.56 Å². The van der Waals surface area contributed by atoms with Crippen molar-refractivity contribution in [3.05, 3.63) is 76.0 Å². The Morgan fingerprint density at radius 3 is 2.37 bits per heavy atom. The monoisotopic (exact) mass is 470 g/mol. The quantitative estimate of drug-likeness (QED) is 0.430. The van der Waals surface area contributed by atoms with Gasteiger partial charge in [0.1, 0.15) is 5.75 Å². The number of hydrogen-bond donors (Lipinski definition) is 0. The van der Waals surface area contributed by atoms with Gasteiger partial charge in [-0.25, -0.2) is 0 Å². The third-order valence-electron chi connectivity index (χ3n) is 7.19. The molecule has 35 heavy (non-hydrogen) atoms. The largest absolute Gasteiger partial charge is 0.490 e. The molecule has 1 saturated carbocycles. The Labute approximate surface area is 204 Å². The zero-order valence-electron chi connectivity index (χ0n) is 20.5. The van der Waals surface area contributed by atoms with Crippen LogP contribution in [0.4, 0.5) is 5.69 Å². The van der Waals surface area contributed by atoms with Gasteiger partial charge < -0.3 is 18.9 Å². The summed E-state index contributed by atoms with van der Waals surface area (Å²) in [7, 11) is 0. The first-order valence-corrected chi connectivity index (χ1v) is 12.3. The predicted octanol–water partition coefficient (Wildman–Crippen LogP) is 4.48. The number of rotatable bonds is 5. The van der Waals surface area contributed by atoms with Crippen LogP contribution >= 0.6 is 0 Å². The molecule has 0 N–H and O–H groups in total. The van der Waals surface area contributed by atoms with Crippen LogP contribution in [0.15, 0.2) is 53.5 Å². The topological polar surface area (TPSA) is 61.5 Å². The van der Waals surface area contributed by atoms with E-state index in [9.17, 15) is 4.79 Å². The molecular formula is C28H30N4O3. The molecule has 0 bridgehead atoms. The highest BCUT2D eigenvalue weighted by atomic mass is 16.5. The van der Waals surface area contributed by atoms with E-state index in [0.29, 0.717) is 11.5 Å². The van der Waals surface area contributed by atoms with Crippen molar-refractivity contribution in [2.45, 2.75) is 39.7 Å². The highest BCUT2D eigenvalue weighted by Gasteiger charge is 2.25. The van der Waals surface area contributed by atoms with E-state index in [1.165, 1.54) is 4.68 Å². The van der Waals surface area contributed by atoms with Gasteiger partial charge in [0.05, 0.1) is 42.3 Å². The van der Waals surface area contributed by atoms with Gasteiger partial charge in [0.2, 0.25) is 0 Å². The molecule has 0 radical (unpaired) electrons. The van der Waals surface area contributed by atoms with Gasteiger partial charge in [0.15, 0.2) is 0 Å². The minimum atomic E-state index is -0.107. The maximum absolute atomic E-state index is 13.7. The van der Waals surface area contributed by atoms with Crippen molar-refractivity contribution < 1.29 is 9.47 Å². The Kier molecular flexibility index (Phi) is 5.37. The second-order valence-corrected chi connectivity index (χ2v) is 9.49. The van der Waals surface area contributed by atoms with E-state index in [4.69, 9.17) is 9.47 Å². The van der Waals surface area contributed by atoms with Crippen LogP contribution in [-0.2, 0) is 4.74 Å².